The SMILES string of the molecule is Clc1cc(Cl)c(Cl)c(-c2cccs2)c1. The minimum atomic E-state index is 0.488. The number of hydrogen-bond donors (Lipinski definition) is 0. The summed E-state index contributed by atoms with van der Waals surface area (Å²) in [4.78, 5) is 1.07. The Morgan fingerprint density at radius 3 is 2.50 bits per heavy atom. The fourth-order valence-electron chi connectivity index (χ4n) is 1.17. The lowest BCUT2D eigenvalue weighted by atomic mass is 10.2. The zero-order valence-electron chi connectivity index (χ0n) is 6.93. The summed E-state index contributed by atoms with van der Waals surface area (Å²) in [5, 5.41) is 3.63. The first-order valence-electron chi connectivity index (χ1n) is 3.87. The number of thiophene rings is 1. The fraction of sp³-hybridized carbons (Fsp3) is 0. The van der Waals surface area contributed by atoms with Crippen LogP contribution in [-0.4, -0.2) is 0 Å². The second-order valence-corrected chi connectivity index (χ2v) is 4.90. The van der Waals surface area contributed by atoms with Crippen molar-refractivity contribution < 1.29 is 0 Å². The number of rotatable bonds is 1. The highest BCUT2D eigenvalue weighted by molar-refractivity contribution is 7.13. The third kappa shape index (κ3) is 1.91. The van der Waals surface area contributed by atoms with E-state index in [2.05, 4.69) is 0 Å². The smallest absolute Gasteiger partial charge is 0.0679 e. The lowest BCUT2D eigenvalue weighted by Gasteiger charge is -2.04. The van der Waals surface area contributed by atoms with E-state index in [4.69, 9.17) is 34.8 Å². The van der Waals surface area contributed by atoms with Crippen LogP contribution in [0.25, 0.3) is 10.4 Å². The molecule has 1 heterocycles. The van der Waals surface area contributed by atoms with Crippen molar-refractivity contribution in [2.75, 3.05) is 0 Å². The average Bonchev–Trinajstić information content (AvgIpc) is 2.63. The first-order chi connectivity index (χ1) is 6.68. The maximum absolute atomic E-state index is 6.07. The number of hydrogen-bond acceptors (Lipinski definition) is 1. The van der Waals surface area contributed by atoms with Crippen LogP contribution in [0.2, 0.25) is 15.1 Å². The molecule has 1 aromatic heterocycles. The van der Waals surface area contributed by atoms with Gasteiger partial charge in [-0.25, -0.2) is 0 Å². The van der Waals surface area contributed by atoms with Crippen molar-refractivity contribution in [3.63, 3.8) is 0 Å². The molecule has 0 spiro atoms. The van der Waals surface area contributed by atoms with E-state index in [1.54, 1.807) is 17.4 Å². The molecule has 0 saturated carbocycles. The van der Waals surface area contributed by atoms with Crippen LogP contribution in [0.15, 0.2) is 29.6 Å². The molecule has 4 heteroatoms. The Bertz CT molecular complexity index is 449. The molecule has 0 unspecified atom stereocenters. The average molecular weight is 264 g/mol. The van der Waals surface area contributed by atoms with E-state index in [0.717, 1.165) is 10.4 Å². The van der Waals surface area contributed by atoms with Gasteiger partial charge in [-0.05, 0) is 23.6 Å². The summed E-state index contributed by atoms with van der Waals surface area (Å²) in [5.41, 5.74) is 0.888. The van der Waals surface area contributed by atoms with Crippen LogP contribution in [-0.2, 0) is 0 Å². The monoisotopic (exact) mass is 262 g/mol. The van der Waals surface area contributed by atoms with Crippen LogP contribution in [0.4, 0.5) is 0 Å². The fourth-order valence-corrected chi connectivity index (χ4v) is 2.68. The molecule has 0 radical (unpaired) electrons. The van der Waals surface area contributed by atoms with Crippen LogP contribution in [0.3, 0.4) is 0 Å². The molecule has 0 aliphatic heterocycles. The molecule has 0 N–H and O–H groups in total. The summed E-state index contributed by atoms with van der Waals surface area (Å²) in [5.74, 6) is 0. The minimum Gasteiger partial charge on any atom is -0.144 e. The van der Waals surface area contributed by atoms with Crippen molar-refractivity contribution in [1.82, 2.24) is 0 Å². The predicted molar refractivity (Wildman–Crippen MR) is 64.8 cm³/mol. The molecule has 14 heavy (non-hydrogen) atoms. The third-order valence-electron chi connectivity index (χ3n) is 1.78. The molecule has 1 aromatic carbocycles. The van der Waals surface area contributed by atoms with E-state index >= 15 is 0 Å². The molecule has 0 saturated heterocycles. The lowest BCUT2D eigenvalue weighted by molar-refractivity contribution is 1.69. The Hall–Kier alpha value is -0.210. The van der Waals surface area contributed by atoms with E-state index in [1.807, 2.05) is 23.6 Å². The van der Waals surface area contributed by atoms with Gasteiger partial charge in [0, 0.05) is 15.5 Å². The molecule has 2 aromatic rings. The maximum atomic E-state index is 6.07. The van der Waals surface area contributed by atoms with Crippen molar-refractivity contribution in [1.29, 1.82) is 0 Å². The Morgan fingerprint density at radius 1 is 1.07 bits per heavy atom. The van der Waals surface area contributed by atoms with Gasteiger partial charge in [-0.1, -0.05) is 40.9 Å². The summed E-state index contributed by atoms with van der Waals surface area (Å²) >= 11 is 19.5. The van der Waals surface area contributed by atoms with E-state index < -0.39 is 0 Å². The van der Waals surface area contributed by atoms with Crippen molar-refractivity contribution in [2.45, 2.75) is 0 Å². The summed E-state index contributed by atoms with van der Waals surface area (Å²) in [7, 11) is 0. The highest BCUT2D eigenvalue weighted by Crippen LogP contribution is 2.38. The lowest BCUT2D eigenvalue weighted by Crippen LogP contribution is -1.77. The van der Waals surface area contributed by atoms with Crippen LogP contribution in [0, 0.1) is 0 Å². The van der Waals surface area contributed by atoms with Crippen molar-refractivity contribution in [2.24, 2.45) is 0 Å². The maximum Gasteiger partial charge on any atom is 0.0679 e. The minimum absolute atomic E-state index is 0.488. The van der Waals surface area contributed by atoms with E-state index in [-0.39, 0.29) is 0 Å². The van der Waals surface area contributed by atoms with Crippen molar-refractivity contribution in [3.05, 3.63) is 44.7 Å². The van der Waals surface area contributed by atoms with Gasteiger partial charge in [-0.3, -0.25) is 0 Å². The largest absolute Gasteiger partial charge is 0.144 e. The second-order valence-electron chi connectivity index (χ2n) is 2.73. The number of halogens is 3. The van der Waals surface area contributed by atoms with Gasteiger partial charge in [-0.2, -0.15) is 0 Å². The summed E-state index contributed by atoms with van der Waals surface area (Å²) in [6, 6.07) is 7.41. The van der Waals surface area contributed by atoms with Gasteiger partial charge in [0.1, 0.15) is 0 Å². The summed E-state index contributed by atoms with van der Waals surface area (Å²) in [6.45, 7) is 0. The van der Waals surface area contributed by atoms with Gasteiger partial charge >= 0.3 is 0 Å². The van der Waals surface area contributed by atoms with E-state index in [9.17, 15) is 0 Å². The van der Waals surface area contributed by atoms with Gasteiger partial charge < -0.3 is 0 Å². The van der Waals surface area contributed by atoms with E-state index in [1.165, 1.54) is 0 Å². The van der Waals surface area contributed by atoms with Crippen LogP contribution in [0.5, 0.6) is 0 Å². The number of benzene rings is 1. The van der Waals surface area contributed by atoms with Gasteiger partial charge in [0.05, 0.1) is 10.0 Å². The normalized spacial score (nSPS) is 10.5. The topological polar surface area (TPSA) is 0 Å². The standard InChI is InChI=1S/C10H5Cl3S/c11-6-4-7(9-2-1-3-14-9)10(13)8(12)5-6/h1-5H. The van der Waals surface area contributed by atoms with Crippen molar-refractivity contribution >= 4 is 46.1 Å². The second kappa shape index (κ2) is 4.11. The quantitative estimate of drug-likeness (QED) is 0.606. The van der Waals surface area contributed by atoms with Crippen LogP contribution in [0.1, 0.15) is 0 Å². The zero-order chi connectivity index (χ0) is 10.1. The molecule has 0 aliphatic rings. The Kier molecular flexibility index (Phi) is 3.03. The Balaban J connectivity index is 2.64. The van der Waals surface area contributed by atoms with Crippen molar-refractivity contribution in [3.8, 4) is 10.4 Å². The molecule has 72 valence electrons. The van der Waals surface area contributed by atoms with E-state index in [0.29, 0.717) is 15.1 Å². The van der Waals surface area contributed by atoms with Crippen LogP contribution < -0.4 is 0 Å². The highest BCUT2D eigenvalue weighted by Gasteiger charge is 2.09. The molecule has 0 fully saturated rings. The first kappa shape index (κ1) is 10.3. The molecule has 0 amide bonds. The van der Waals surface area contributed by atoms with Gasteiger partial charge in [0.2, 0.25) is 0 Å². The third-order valence-corrected chi connectivity index (χ3v) is 3.70. The van der Waals surface area contributed by atoms with Gasteiger partial charge in [0.15, 0.2) is 0 Å². The zero-order valence-corrected chi connectivity index (χ0v) is 10.0. The van der Waals surface area contributed by atoms with Gasteiger partial charge in [-0.15, -0.1) is 11.3 Å². The first-order valence-corrected chi connectivity index (χ1v) is 5.88. The molecule has 0 bridgehead atoms. The summed E-state index contributed by atoms with van der Waals surface area (Å²) in [6.07, 6.45) is 0. The van der Waals surface area contributed by atoms with Gasteiger partial charge in [0.25, 0.3) is 0 Å². The Labute approximate surface area is 101 Å². The molecule has 2 rings (SSSR count). The van der Waals surface area contributed by atoms with Crippen LogP contribution >= 0.6 is 46.1 Å². The molecule has 0 aliphatic carbocycles. The predicted octanol–water partition coefficient (Wildman–Crippen LogP) is 5.38. The summed E-state index contributed by atoms with van der Waals surface area (Å²) < 4.78 is 0. The Morgan fingerprint density at radius 2 is 1.86 bits per heavy atom. The molecule has 0 atom stereocenters. The molecular weight excluding hydrogens is 259 g/mol. The molecular formula is C10H5Cl3S. The molecule has 0 nitrogen and oxygen atoms in total. The highest BCUT2D eigenvalue weighted by atomic mass is 35.5.